The maximum absolute atomic E-state index is 13.6. The van der Waals surface area contributed by atoms with Crippen LogP contribution in [0.3, 0.4) is 0 Å². The van der Waals surface area contributed by atoms with Gasteiger partial charge in [-0.1, -0.05) is 12.1 Å². The normalized spacial score (nSPS) is 14.0. The van der Waals surface area contributed by atoms with Crippen LogP contribution in [-0.4, -0.2) is 38.1 Å². The summed E-state index contributed by atoms with van der Waals surface area (Å²) < 4.78 is 45.1. The molecule has 0 unspecified atom stereocenters. The van der Waals surface area contributed by atoms with E-state index in [0.717, 1.165) is 6.07 Å². The minimum Gasteiger partial charge on any atom is -0.378 e. The van der Waals surface area contributed by atoms with Crippen molar-refractivity contribution in [3.05, 3.63) is 53.8 Å². The third-order valence-electron chi connectivity index (χ3n) is 3.99. The highest BCUT2D eigenvalue weighted by Crippen LogP contribution is 2.26. The minimum absolute atomic E-state index is 0.394. The second-order valence-electron chi connectivity index (χ2n) is 5.75. The fraction of sp³-hybridized carbons (Fsp3) is 0.222. The molecule has 0 aromatic heterocycles. The number of carbonyl (C=O) groups is 2. The van der Waals surface area contributed by atoms with E-state index >= 15 is 0 Å². The van der Waals surface area contributed by atoms with Crippen molar-refractivity contribution in [1.82, 2.24) is 0 Å². The molecule has 0 radical (unpaired) electrons. The standard InChI is InChI=1S/C18H16F3N3O3/c19-11-5-6-13(16(21)15(11)20)23-18(26)17(25)22-12-3-1-2-4-14(12)24-7-9-27-10-8-24/h1-6H,7-10H2,(H,22,25)(H,23,26). The van der Waals surface area contributed by atoms with Crippen molar-refractivity contribution < 1.29 is 27.5 Å². The molecule has 6 nitrogen and oxygen atoms in total. The number of amides is 2. The zero-order chi connectivity index (χ0) is 19.4. The van der Waals surface area contributed by atoms with Gasteiger partial charge in [-0.15, -0.1) is 0 Å². The fourth-order valence-corrected chi connectivity index (χ4v) is 2.64. The van der Waals surface area contributed by atoms with E-state index in [1.54, 1.807) is 24.3 Å². The molecule has 142 valence electrons. The lowest BCUT2D eigenvalue weighted by molar-refractivity contribution is -0.133. The number of anilines is 3. The van der Waals surface area contributed by atoms with Crippen molar-refractivity contribution >= 4 is 28.9 Å². The third-order valence-corrected chi connectivity index (χ3v) is 3.99. The van der Waals surface area contributed by atoms with Gasteiger partial charge in [0, 0.05) is 13.1 Å². The van der Waals surface area contributed by atoms with Crippen molar-refractivity contribution in [1.29, 1.82) is 0 Å². The van der Waals surface area contributed by atoms with E-state index in [1.165, 1.54) is 0 Å². The summed E-state index contributed by atoms with van der Waals surface area (Å²) in [6, 6.07) is 8.37. The van der Waals surface area contributed by atoms with Crippen LogP contribution in [0, 0.1) is 17.5 Å². The van der Waals surface area contributed by atoms with Gasteiger partial charge >= 0.3 is 11.8 Å². The van der Waals surface area contributed by atoms with Crippen LogP contribution in [0.2, 0.25) is 0 Å². The Morgan fingerprint density at radius 3 is 2.19 bits per heavy atom. The molecule has 2 amide bonds. The summed E-state index contributed by atoms with van der Waals surface area (Å²) in [5.74, 6) is -6.98. The monoisotopic (exact) mass is 379 g/mol. The summed E-state index contributed by atoms with van der Waals surface area (Å²) in [6.07, 6.45) is 0. The summed E-state index contributed by atoms with van der Waals surface area (Å²) in [5, 5.41) is 4.38. The van der Waals surface area contributed by atoms with Gasteiger partial charge in [-0.2, -0.15) is 0 Å². The molecule has 1 fully saturated rings. The Hall–Kier alpha value is -3.07. The number of halogens is 3. The first kappa shape index (κ1) is 18.7. The predicted molar refractivity (Wildman–Crippen MR) is 93.0 cm³/mol. The van der Waals surface area contributed by atoms with E-state index < -0.39 is 35.0 Å². The zero-order valence-corrected chi connectivity index (χ0v) is 14.1. The Morgan fingerprint density at radius 1 is 0.852 bits per heavy atom. The van der Waals surface area contributed by atoms with Crippen molar-refractivity contribution in [2.45, 2.75) is 0 Å². The molecule has 0 aliphatic carbocycles. The first-order chi connectivity index (χ1) is 13.0. The number of hydrogen-bond acceptors (Lipinski definition) is 4. The molecule has 1 aliphatic rings. The van der Waals surface area contributed by atoms with Crippen LogP contribution in [0.5, 0.6) is 0 Å². The van der Waals surface area contributed by atoms with Crippen molar-refractivity contribution in [3.8, 4) is 0 Å². The molecule has 0 spiro atoms. The molecule has 1 aliphatic heterocycles. The number of carbonyl (C=O) groups excluding carboxylic acids is 2. The number of morpholine rings is 1. The number of hydrogen-bond donors (Lipinski definition) is 2. The van der Waals surface area contributed by atoms with Gasteiger partial charge < -0.3 is 20.3 Å². The van der Waals surface area contributed by atoms with Crippen LogP contribution in [0.1, 0.15) is 0 Å². The molecular formula is C18H16F3N3O3. The Morgan fingerprint density at radius 2 is 1.48 bits per heavy atom. The smallest absolute Gasteiger partial charge is 0.314 e. The van der Waals surface area contributed by atoms with Crippen molar-refractivity contribution in [3.63, 3.8) is 0 Å². The molecular weight excluding hydrogens is 363 g/mol. The highest BCUT2D eigenvalue weighted by molar-refractivity contribution is 6.43. The van der Waals surface area contributed by atoms with E-state index in [0.29, 0.717) is 43.7 Å². The maximum atomic E-state index is 13.6. The van der Waals surface area contributed by atoms with E-state index in [9.17, 15) is 22.8 Å². The van der Waals surface area contributed by atoms with Gasteiger partial charge in [-0.3, -0.25) is 9.59 Å². The number of nitrogens with one attached hydrogen (secondary N) is 2. The molecule has 0 bridgehead atoms. The number of rotatable bonds is 3. The molecule has 9 heteroatoms. The maximum Gasteiger partial charge on any atom is 0.314 e. The predicted octanol–water partition coefficient (Wildman–Crippen LogP) is 2.52. The zero-order valence-electron chi connectivity index (χ0n) is 14.1. The highest BCUT2D eigenvalue weighted by Gasteiger charge is 2.21. The Labute approximate surface area is 152 Å². The minimum atomic E-state index is -1.73. The van der Waals surface area contributed by atoms with Crippen molar-refractivity contribution in [2.24, 2.45) is 0 Å². The van der Waals surface area contributed by atoms with Gasteiger partial charge in [0.15, 0.2) is 17.5 Å². The van der Waals surface area contributed by atoms with Crippen LogP contribution < -0.4 is 15.5 Å². The third kappa shape index (κ3) is 4.20. The van der Waals surface area contributed by atoms with Gasteiger partial charge in [0.1, 0.15) is 0 Å². The molecule has 27 heavy (non-hydrogen) atoms. The van der Waals surface area contributed by atoms with Crippen LogP contribution in [-0.2, 0) is 14.3 Å². The van der Waals surface area contributed by atoms with Gasteiger partial charge in [-0.05, 0) is 24.3 Å². The molecule has 0 saturated carbocycles. The van der Waals surface area contributed by atoms with Gasteiger partial charge in [0.25, 0.3) is 0 Å². The highest BCUT2D eigenvalue weighted by atomic mass is 19.2. The first-order valence-corrected chi connectivity index (χ1v) is 8.15. The van der Waals surface area contributed by atoms with Crippen LogP contribution in [0.25, 0.3) is 0 Å². The van der Waals surface area contributed by atoms with Gasteiger partial charge in [0.2, 0.25) is 0 Å². The first-order valence-electron chi connectivity index (χ1n) is 8.15. The number of para-hydroxylation sites is 2. The van der Waals surface area contributed by atoms with Gasteiger partial charge in [0.05, 0.1) is 30.3 Å². The Kier molecular flexibility index (Phi) is 5.60. The largest absolute Gasteiger partial charge is 0.378 e. The Balaban J connectivity index is 1.72. The average Bonchev–Trinajstić information content (AvgIpc) is 2.69. The number of benzene rings is 2. The molecule has 1 heterocycles. The summed E-state index contributed by atoms with van der Waals surface area (Å²) in [4.78, 5) is 26.2. The fourth-order valence-electron chi connectivity index (χ4n) is 2.64. The topological polar surface area (TPSA) is 70.7 Å². The molecule has 0 atom stereocenters. The Bertz CT molecular complexity index is 870. The number of nitrogens with zero attached hydrogens (tertiary/aromatic N) is 1. The second kappa shape index (κ2) is 8.09. The lowest BCUT2D eigenvalue weighted by atomic mass is 10.2. The van der Waals surface area contributed by atoms with E-state index in [-0.39, 0.29) is 0 Å². The SMILES string of the molecule is O=C(Nc1ccccc1N1CCOCC1)C(=O)Nc1ccc(F)c(F)c1F. The second-order valence-corrected chi connectivity index (χ2v) is 5.75. The summed E-state index contributed by atoms with van der Waals surface area (Å²) in [5.41, 5.74) is 0.474. The summed E-state index contributed by atoms with van der Waals surface area (Å²) in [6.45, 7) is 2.33. The molecule has 3 rings (SSSR count). The molecule has 2 N–H and O–H groups in total. The van der Waals surface area contributed by atoms with E-state index in [4.69, 9.17) is 4.74 Å². The van der Waals surface area contributed by atoms with Crippen LogP contribution in [0.15, 0.2) is 36.4 Å². The van der Waals surface area contributed by atoms with E-state index in [1.807, 2.05) is 10.2 Å². The molecule has 2 aromatic rings. The quantitative estimate of drug-likeness (QED) is 0.635. The lowest BCUT2D eigenvalue weighted by Gasteiger charge is -2.30. The van der Waals surface area contributed by atoms with Gasteiger partial charge in [-0.25, -0.2) is 13.2 Å². The number of ether oxygens (including phenoxy) is 1. The molecule has 1 saturated heterocycles. The van der Waals surface area contributed by atoms with Crippen molar-refractivity contribution in [2.75, 3.05) is 41.8 Å². The molecule has 2 aromatic carbocycles. The lowest BCUT2D eigenvalue weighted by Crippen LogP contribution is -2.37. The van der Waals surface area contributed by atoms with E-state index in [2.05, 4.69) is 5.32 Å². The van der Waals surface area contributed by atoms with Crippen LogP contribution >= 0.6 is 0 Å². The average molecular weight is 379 g/mol. The summed E-state index contributed by atoms with van der Waals surface area (Å²) in [7, 11) is 0. The van der Waals surface area contributed by atoms with Crippen LogP contribution in [0.4, 0.5) is 30.2 Å². The summed E-state index contributed by atoms with van der Waals surface area (Å²) >= 11 is 0.